The van der Waals surface area contributed by atoms with Crippen molar-refractivity contribution in [3.8, 4) is 10.4 Å². The molecule has 4 N–H and O–H groups in total. The van der Waals surface area contributed by atoms with Gasteiger partial charge < -0.3 is 16.4 Å². The van der Waals surface area contributed by atoms with E-state index in [1.807, 2.05) is 30.3 Å². The summed E-state index contributed by atoms with van der Waals surface area (Å²) >= 11 is 1.63. The number of rotatable bonds is 7. The van der Waals surface area contributed by atoms with Crippen molar-refractivity contribution in [2.45, 2.75) is 13.1 Å². The molecule has 0 atom stereocenters. The zero-order valence-corrected chi connectivity index (χ0v) is 19.3. The number of nitrogens with one attached hydrogen (secondary N) is 2. The molecule has 3 heterocycles. The Morgan fingerprint density at radius 2 is 1.89 bits per heavy atom. The van der Waals surface area contributed by atoms with E-state index >= 15 is 0 Å². The number of halogens is 1. The van der Waals surface area contributed by atoms with Crippen LogP contribution in [0.1, 0.15) is 20.8 Å². The number of thiophene rings is 1. The molecule has 0 spiro atoms. The van der Waals surface area contributed by atoms with Crippen LogP contribution in [0.15, 0.2) is 79.3 Å². The van der Waals surface area contributed by atoms with E-state index in [4.69, 9.17) is 5.73 Å². The summed E-state index contributed by atoms with van der Waals surface area (Å²) in [6.45, 7) is 0.727. The summed E-state index contributed by atoms with van der Waals surface area (Å²) in [4.78, 5) is 27.6. The molecule has 0 radical (unpaired) electrons. The first kappa shape index (κ1) is 22.4. The van der Waals surface area contributed by atoms with Crippen LogP contribution in [0.2, 0.25) is 0 Å². The van der Waals surface area contributed by atoms with Crippen LogP contribution in [-0.2, 0) is 13.1 Å². The van der Waals surface area contributed by atoms with E-state index < -0.39 is 0 Å². The number of pyridine rings is 1. The summed E-state index contributed by atoms with van der Waals surface area (Å²) in [6, 6.07) is 19.6. The first-order valence-corrected chi connectivity index (χ1v) is 11.7. The molecule has 3 aromatic heterocycles. The number of amides is 1. The molecule has 0 saturated heterocycles. The summed E-state index contributed by atoms with van der Waals surface area (Å²) in [5.74, 6) is 0.312. The minimum absolute atomic E-state index is 0.223. The van der Waals surface area contributed by atoms with E-state index in [2.05, 4.69) is 25.6 Å². The van der Waals surface area contributed by atoms with Crippen molar-refractivity contribution in [2.75, 3.05) is 11.1 Å². The maximum absolute atomic E-state index is 13.4. The summed E-state index contributed by atoms with van der Waals surface area (Å²) in [5.41, 5.74) is 8.95. The van der Waals surface area contributed by atoms with E-state index in [1.165, 1.54) is 18.5 Å². The largest absolute Gasteiger partial charge is 0.383 e. The van der Waals surface area contributed by atoms with Crippen molar-refractivity contribution in [1.82, 2.24) is 20.3 Å². The lowest BCUT2D eigenvalue weighted by Crippen LogP contribution is -2.24. The highest BCUT2D eigenvalue weighted by Gasteiger charge is 2.13. The number of benzene rings is 2. The third kappa shape index (κ3) is 5.10. The number of fused-ring (bicyclic) bond motifs is 1. The van der Waals surface area contributed by atoms with Gasteiger partial charge in [-0.05, 0) is 59.7 Å². The number of hydrogen-bond acceptors (Lipinski definition) is 7. The first-order chi connectivity index (χ1) is 17.1. The van der Waals surface area contributed by atoms with Crippen LogP contribution in [0.5, 0.6) is 0 Å². The van der Waals surface area contributed by atoms with Gasteiger partial charge in [0, 0.05) is 27.9 Å². The fourth-order valence-electron chi connectivity index (χ4n) is 3.68. The van der Waals surface area contributed by atoms with E-state index in [9.17, 15) is 9.18 Å². The number of aromatic nitrogens is 3. The van der Waals surface area contributed by atoms with Crippen LogP contribution in [0.4, 0.5) is 16.0 Å². The Bertz CT molecular complexity index is 1520. The van der Waals surface area contributed by atoms with Crippen molar-refractivity contribution in [1.29, 1.82) is 0 Å². The highest BCUT2D eigenvalue weighted by atomic mass is 32.1. The van der Waals surface area contributed by atoms with Crippen LogP contribution < -0.4 is 16.4 Å². The van der Waals surface area contributed by atoms with Gasteiger partial charge in [-0.15, -0.1) is 11.3 Å². The molecule has 5 rings (SSSR count). The molecular weight excluding hydrogens is 463 g/mol. The minimum atomic E-state index is -0.337. The van der Waals surface area contributed by atoms with Crippen LogP contribution in [0.25, 0.3) is 21.3 Å². The second kappa shape index (κ2) is 9.86. The van der Waals surface area contributed by atoms with Gasteiger partial charge in [0.05, 0.1) is 17.6 Å². The molecule has 174 valence electrons. The third-order valence-electron chi connectivity index (χ3n) is 5.44. The highest BCUT2D eigenvalue weighted by Crippen LogP contribution is 2.31. The van der Waals surface area contributed by atoms with Crippen LogP contribution >= 0.6 is 11.3 Å². The van der Waals surface area contributed by atoms with Gasteiger partial charge in [0.15, 0.2) is 0 Å². The Kier molecular flexibility index (Phi) is 6.32. The quantitative estimate of drug-likeness (QED) is 0.300. The molecule has 0 aliphatic carbocycles. The molecule has 1 amide bonds. The third-order valence-corrected chi connectivity index (χ3v) is 6.57. The number of anilines is 2. The van der Waals surface area contributed by atoms with Gasteiger partial charge in [-0.3, -0.25) is 4.79 Å². The van der Waals surface area contributed by atoms with Gasteiger partial charge in [-0.25, -0.2) is 19.3 Å². The summed E-state index contributed by atoms with van der Waals surface area (Å²) in [5, 5.41) is 6.90. The lowest BCUT2D eigenvalue weighted by atomic mass is 10.1. The molecular formula is C26H21FN6OS. The van der Waals surface area contributed by atoms with Crippen molar-refractivity contribution in [3.05, 3.63) is 101 Å². The molecule has 7 nitrogen and oxygen atoms in total. The predicted molar refractivity (Wildman–Crippen MR) is 136 cm³/mol. The van der Waals surface area contributed by atoms with Crippen molar-refractivity contribution >= 4 is 39.8 Å². The fraction of sp³-hybridized carbons (Fsp3) is 0.0769. The van der Waals surface area contributed by atoms with Gasteiger partial charge in [0.1, 0.15) is 23.8 Å². The second-order valence-electron chi connectivity index (χ2n) is 7.82. The molecule has 0 bridgehead atoms. The maximum Gasteiger partial charge on any atom is 0.255 e. The van der Waals surface area contributed by atoms with Gasteiger partial charge in [-0.1, -0.05) is 18.2 Å². The Labute approximate surface area is 204 Å². The molecule has 0 fully saturated rings. The van der Waals surface area contributed by atoms with Crippen molar-refractivity contribution in [2.24, 2.45) is 0 Å². The maximum atomic E-state index is 13.4. The van der Waals surface area contributed by atoms with E-state index in [-0.39, 0.29) is 18.3 Å². The van der Waals surface area contributed by atoms with Gasteiger partial charge in [-0.2, -0.15) is 0 Å². The van der Waals surface area contributed by atoms with Gasteiger partial charge in [0.25, 0.3) is 5.91 Å². The van der Waals surface area contributed by atoms with Crippen molar-refractivity contribution < 1.29 is 9.18 Å². The number of hydrogen-bond donors (Lipinski definition) is 3. The summed E-state index contributed by atoms with van der Waals surface area (Å²) < 4.78 is 13.4. The summed E-state index contributed by atoms with van der Waals surface area (Å²) in [7, 11) is 0. The Balaban J connectivity index is 1.27. The summed E-state index contributed by atoms with van der Waals surface area (Å²) in [6.07, 6.45) is 3.09. The predicted octanol–water partition coefficient (Wildman–Crippen LogP) is 5.02. The zero-order valence-electron chi connectivity index (χ0n) is 18.5. The van der Waals surface area contributed by atoms with Crippen LogP contribution in [-0.4, -0.2) is 20.9 Å². The average molecular weight is 485 g/mol. The number of carbonyl (C=O) groups is 1. The van der Waals surface area contributed by atoms with Gasteiger partial charge >= 0.3 is 0 Å². The molecule has 5 aromatic rings. The first-order valence-electron chi connectivity index (χ1n) is 10.9. The fourth-order valence-corrected chi connectivity index (χ4v) is 4.63. The normalized spacial score (nSPS) is 10.9. The molecule has 9 heteroatoms. The van der Waals surface area contributed by atoms with E-state index in [0.717, 1.165) is 26.2 Å². The SMILES string of the molecule is Nc1ncnc2ccc(-c3ccc(CNc4ncccc4C(=O)NCc4cccc(F)c4)s3)cc12. The lowest BCUT2D eigenvalue weighted by molar-refractivity contribution is 0.0951. The number of nitrogen functional groups attached to an aromatic ring is 1. The Morgan fingerprint density at radius 1 is 0.971 bits per heavy atom. The second-order valence-corrected chi connectivity index (χ2v) is 8.99. The Hall–Kier alpha value is -4.37. The standard InChI is InChI=1S/C26H21FN6OS/c27-18-4-1-3-16(11-18)13-31-26(34)20-5-2-10-29-25(20)30-14-19-7-9-23(35-19)17-6-8-22-21(12-17)24(28)33-15-32-22/h1-12,15H,13-14H2,(H,29,30)(H,31,34)(H2,28,32,33). The molecule has 35 heavy (non-hydrogen) atoms. The monoisotopic (exact) mass is 484 g/mol. The average Bonchev–Trinajstić information content (AvgIpc) is 3.35. The van der Waals surface area contributed by atoms with E-state index in [0.29, 0.717) is 29.3 Å². The van der Waals surface area contributed by atoms with Crippen molar-refractivity contribution in [3.63, 3.8) is 0 Å². The van der Waals surface area contributed by atoms with Crippen LogP contribution in [0.3, 0.4) is 0 Å². The molecule has 0 aliphatic rings. The highest BCUT2D eigenvalue weighted by molar-refractivity contribution is 7.15. The molecule has 0 aliphatic heterocycles. The lowest BCUT2D eigenvalue weighted by Gasteiger charge is -2.11. The number of nitrogens with two attached hydrogens (primary N) is 1. The topological polar surface area (TPSA) is 106 Å². The van der Waals surface area contributed by atoms with Crippen LogP contribution in [0, 0.1) is 5.82 Å². The Morgan fingerprint density at radius 3 is 2.77 bits per heavy atom. The molecule has 2 aromatic carbocycles. The minimum Gasteiger partial charge on any atom is -0.383 e. The molecule has 0 unspecified atom stereocenters. The van der Waals surface area contributed by atoms with Gasteiger partial charge in [0.2, 0.25) is 0 Å². The number of nitrogens with zero attached hydrogens (tertiary/aromatic N) is 3. The number of carbonyl (C=O) groups excluding carboxylic acids is 1. The van der Waals surface area contributed by atoms with E-state index in [1.54, 1.807) is 41.8 Å². The molecule has 0 saturated carbocycles. The smallest absolute Gasteiger partial charge is 0.255 e. The zero-order chi connectivity index (χ0) is 24.2.